The number of carbonyl (C=O) groups is 2. The molecule has 140 valence electrons. The molecule has 1 saturated heterocycles. The maximum Gasteiger partial charge on any atom is 0.257 e. The molecule has 1 aliphatic rings. The lowest BCUT2D eigenvalue weighted by Crippen LogP contribution is -2.50. The summed E-state index contributed by atoms with van der Waals surface area (Å²) in [5, 5.41) is 3.85. The van der Waals surface area contributed by atoms with E-state index in [-0.39, 0.29) is 18.2 Å². The van der Waals surface area contributed by atoms with Crippen molar-refractivity contribution in [1.82, 2.24) is 19.9 Å². The van der Waals surface area contributed by atoms with Gasteiger partial charge < -0.3 is 23.2 Å². The minimum Gasteiger partial charge on any atom is -0.472 e. The van der Waals surface area contributed by atoms with Crippen LogP contribution in [-0.2, 0) is 11.2 Å². The molecule has 0 saturated carbocycles. The molecule has 9 nitrogen and oxygen atoms in total. The highest BCUT2D eigenvalue weighted by atomic mass is 16.5. The van der Waals surface area contributed by atoms with Crippen molar-refractivity contribution in [2.45, 2.75) is 12.8 Å². The van der Waals surface area contributed by atoms with Crippen LogP contribution in [0.3, 0.4) is 0 Å². The van der Waals surface area contributed by atoms with Crippen LogP contribution in [0.2, 0.25) is 0 Å². The predicted octanol–water partition coefficient (Wildman–Crippen LogP) is 1.84. The number of rotatable bonds is 5. The number of furan rings is 2. The van der Waals surface area contributed by atoms with Gasteiger partial charge in [-0.15, -0.1) is 0 Å². The number of aromatic nitrogens is 2. The summed E-state index contributed by atoms with van der Waals surface area (Å²) in [4.78, 5) is 32.4. The molecule has 3 aromatic heterocycles. The first kappa shape index (κ1) is 17.1. The molecule has 0 aromatic carbocycles. The second-order valence-electron chi connectivity index (χ2n) is 6.17. The number of piperazine rings is 1. The lowest BCUT2D eigenvalue weighted by molar-refractivity contribution is -0.132. The van der Waals surface area contributed by atoms with Gasteiger partial charge in [0.1, 0.15) is 6.26 Å². The second kappa shape index (κ2) is 7.48. The molecule has 4 rings (SSSR count). The lowest BCUT2D eigenvalue weighted by Gasteiger charge is -2.34. The van der Waals surface area contributed by atoms with Crippen LogP contribution in [0.1, 0.15) is 22.7 Å². The fourth-order valence-corrected chi connectivity index (χ4v) is 2.96. The van der Waals surface area contributed by atoms with E-state index in [1.165, 1.54) is 18.8 Å². The molecular weight excluding hydrogens is 352 g/mol. The van der Waals surface area contributed by atoms with Crippen molar-refractivity contribution in [3.05, 3.63) is 48.4 Å². The van der Waals surface area contributed by atoms with Crippen LogP contribution >= 0.6 is 0 Å². The Morgan fingerprint density at radius 2 is 1.89 bits per heavy atom. The molecule has 3 aromatic rings. The van der Waals surface area contributed by atoms with Gasteiger partial charge in [0.25, 0.3) is 5.91 Å². The zero-order valence-corrected chi connectivity index (χ0v) is 14.5. The van der Waals surface area contributed by atoms with Crippen molar-refractivity contribution in [1.29, 1.82) is 0 Å². The third-order valence-corrected chi connectivity index (χ3v) is 4.45. The molecule has 4 heterocycles. The van der Waals surface area contributed by atoms with E-state index in [9.17, 15) is 9.59 Å². The molecule has 2 amide bonds. The molecule has 27 heavy (non-hydrogen) atoms. The quantitative estimate of drug-likeness (QED) is 0.674. The fraction of sp³-hybridized carbons (Fsp3) is 0.333. The van der Waals surface area contributed by atoms with Crippen LogP contribution in [0, 0.1) is 0 Å². The van der Waals surface area contributed by atoms with Gasteiger partial charge in [-0.25, -0.2) is 0 Å². The average molecular weight is 370 g/mol. The van der Waals surface area contributed by atoms with E-state index in [4.69, 9.17) is 13.4 Å². The molecule has 0 atom stereocenters. The van der Waals surface area contributed by atoms with Gasteiger partial charge in [-0.2, -0.15) is 4.98 Å². The predicted molar refractivity (Wildman–Crippen MR) is 91.5 cm³/mol. The first-order valence-corrected chi connectivity index (χ1v) is 8.66. The Morgan fingerprint density at radius 1 is 1.07 bits per heavy atom. The molecule has 1 fully saturated rings. The van der Waals surface area contributed by atoms with E-state index < -0.39 is 0 Å². The number of hydrogen-bond acceptors (Lipinski definition) is 7. The summed E-state index contributed by atoms with van der Waals surface area (Å²) in [5.74, 6) is 1.21. The molecule has 0 radical (unpaired) electrons. The number of hydrogen-bond donors (Lipinski definition) is 0. The third-order valence-electron chi connectivity index (χ3n) is 4.45. The van der Waals surface area contributed by atoms with Crippen molar-refractivity contribution >= 4 is 11.8 Å². The van der Waals surface area contributed by atoms with Crippen molar-refractivity contribution in [3.63, 3.8) is 0 Å². The summed E-state index contributed by atoms with van der Waals surface area (Å²) in [7, 11) is 0. The Morgan fingerprint density at radius 3 is 2.59 bits per heavy atom. The first-order chi connectivity index (χ1) is 13.2. The van der Waals surface area contributed by atoms with Crippen molar-refractivity contribution in [2.24, 2.45) is 0 Å². The van der Waals surface area contributed by atoms with Gasteiger partial charge in [-0.05, 0) is 18.2 Å². The standard InChI is InChI=1S/C18H18N4O5/c23-16(4-3-15-19-17(20-27-15)14-2-1-10-26-14)21-6-8-22(9-7-21)18(24)13-5-11-25-12-13/h1-2,5,10-12H,3-4,6-9H2. The van der Waals surface area contributed by atoms with Crippen LogP contribution in [0.5, 0.6) is 0 Å². The smallest absolute Gasteiger partial charge is 0.257 e. The van der Waals surface area contributed by atoms with Crippen molar-refractivity contribution < 1.29 is 22.9 Å². The third kappa shape index (κ3) is 3.76. The average Bonchev–Trinajstić information content (AvgIpc) is 3.47. The van der Waals surface area contributed by atoms with Gasteiger partial charge in [0.15, 0.2) is 5.76 Å². The van der Waals surface area contributed by atoms with E-state index in [1.54, 1.807) is 28.0 Å². The van der Waals surface area contributed by atoms with Gasteiger partial charge in [-0.3, -0.25) is 9.59 Å². The van der Waals surface area contributed by atoms with Gasteiger partial charge in [0.05, 0.1) is 18.1 Å². The highest BCUT2D eigenvalue weighted by Gasteiger charge is 2.25. The monoisotopic (exact) mass is 370 g/mol. The maximum absolute atomic E-state index is 12.4. The molecule has 0 unspecified atom stereocenters. The maximum atomic E-state index is 12.4. The summed E-state index contributed by atoms with van der Waals surface area (Å²) in [6.07, 6.45) is 5.07. The topological polar surface area (TPSA) is 106 Å². The van der Waals surface area contributed by atoms with Crippen molar-refractivity contribution in [3.8, 4) is 11.6 Å². The zero-order valence-electron chi connectivity index (χ0n) is 14.5. The van der Waals surface area contributed by atoms with E-state index in [0.29, 0.717) is 55.6 Å². The summed E-state index contributed by atoms with van der Waals surface area (Å²) in [6.45, 7) is 2.01. The molecule has 0 N–H and O–H groups in total. The Hall–Kier alpha value is -3.36. The van der Waals surface area contributed by atoms with Crippen LogP contribution in [0.25, 0.3) is 11.6 Å². The van der Waals surface area contributed by atoms with Gasteiger partial charge in [-0.1, -0.05) is 5.16 Å². The minimum absolute atomic E-state index is 0.00292. The Bertz CT molecular complexity index is 892. The summed E-state index contributed by atoms with van der Waals surface area (Å²) in [5.41, 5.74) is 0.526. The van der Waals surface area contributed by atoms with Crippen LogP contribution in [-0.4, -0.2) is 57.9 Å². The zero-order chi connectivity index (χ0) is 18.6. The lowest BCUT2D eigenvalue weighted by atomic mass is 10.2. The van der Waals surface area contributed by atoms with E-state index in [1.807, 2.05) is 0 Å². The van der Waals surface area contributed by atoms with Gasteiger partial charge in [0.2, 0.25) is 17.6 Å². The van der Waals surface area contributed by atoms with Crippen LogP contribution in [0.4, 0.5) is 0 Å². The SMILES string of the molecule is O=C(CCc1nc(-c2ccco2)no1)N1CCN(C(=O)c2ccoc2)CC1. The molecule has 9 heteroatoms. The highest BCUT2D eigenvalue weighted by molar-refractivity contribution is 5.94. The summed E-state index contributed by atoms with van der Waals surface area (Å²) in [6, 6.07) is 5.12. The highest BCUT2D eigenvalue weighted by Crippen LogP contribution is 2.17. The number of nitrogens with zero attached hydrogens (tertiary/aromatic N) is 4. The molecule has 0 spiro atoms. The Labute approximate surface area is 154 Å². The van der Waals surface area contributed by atoms with Gasteiger partial charge >= 0.3 is 0 Å². The minimum atomic E-state index is -0.0767. The van der Waals surface area contributed by atoms with E-state index >= 15 is 0 Å². The summed E-state index contributed by atoms with van der Waals surface area (Å²) < 4.78 is 15.3. The van der Waals surface area contributed by atoms with Crippen LogP contribution in [0.15, 0.2) is 50.3 Å². The van der Waals surface area contributed by atoms with E-state index in [0.717, 1.165) is 0 Å². The number of carbonyl (C=O) groups excluding carboxylic acids is 2. The fourth-order valence-electron chi connectivity index (χ4n) is 2.96. The Balaban J connectivity index is 1.26. The van der Waals surface area contributed by atoms with Gasteiger partial charge in [0, 0.05) is 39.0 Å². The van der Waals surface area contributed by atoms with Crippen molar-refractivity contribution in [2.75, 3.05) is 26.2 Å². The normalized spacial score (nSPS) is 14.5. The number of aryl methyl sites for hydroxylation is 1. The summed E-state index contributed by atoms with van der Waals surface area (Å²) >= 11 is 0. The largest absolute Gasteiger partial charge is 0.472 e. The Kier molecular flexibility index (Phi) is 4.73. The molecular formula is C18H18N4O5. The second-order valence-corrected chi connectivity index (χ2v) is 6.17. The number of amides is 2. The first-order valence-electron chi connectivity index (χ1n) is 8.66. The van der Waals surface area contributed by atoms with Crippen LogP contribution < -0.4 is 0 Å². The molecule has 0 bridgehead atoms. The van der Waals surface area contributed by atoms with E-state index in [2.05, 4.69) is 10.1 Å². The molecule has 1 aliphatic heterocycles. The molecule has 0 aliphatic carbocycles.